The highest BCUT2D eigenvalue weighted by atomic mass is 32.2. The molecule has 4 nitrogen and oxygen atoms in total. The van der Waals surface area contributed by atoms with Gasteiger partial charge in [0.1, 0.15) is 5.04 Å². The molecule has 0 atom stereocenters. The maximum atomic E-state index is 10.9. The van der Waals surface area contributed by atoms with E-state index in [4.69, 9.17) is 0 Å². The van der Waals surface area contributed by atoms with Crippen LogP contribution in [0.4, 0.5) is 0 Å². The molecule has 0 aromatic rings. The summed E-state index contributed by atoms with van der Waals surface area (Å²) in [5.41, 5.74) is 0. The van der Waals surface area contributed by atoms with Gasteiger partial charge in [-0.3, -0.25) is 0 Å². The zero-order valence-electron chi connectivity index (χ0n) is 5.53. The fraction of sp³-hybridized carbons (Fsp3) is 0.400. The van der Waals surface area contributed by atoms with Crippen molar-refractivity contribution in [2.45, 2.75) is 0 Å². The first-order valence-corrected chi connectivity index (χ1v) is 4.34. The Morgan fingerprint density at radius 1 is 1.70 bits per heavy atom. The van der Waals surface area contributed by atoms with Crippen molar-refractivity contribution in [1.29, 1.82) is 0 Å². The molecule has 1 rings (SSSR count). The summed E-state index contributed by atoms with van der Waals surface area (Å²) in [4.78, 5) is 3.66. The largest absolute Gasteiger partial charge is 0.314 e. The average Bonchev–Trinajstić information content (AvgIpc) is 2.13. The maximum Gasteiger partial charge on any atom is 0.215 e. The molecule has 0 aliphatic carbocycles. The molecule has 1 aliphatic rings. The monoisotopic (exact) mass is 160 g/mol. The summed E-state index contributed by atoms with van der Waals surface area (Å²) in [5, 5.41) is 4.00. The smallest absolute Gasteiger partial charge is 0.215 e. The molecular formula is C5H8N2O2S. The van der Waals surface area contributed by atoms with Crippen molar-refractivity contribution < 1.29 is 8.42 Å². The normalized spacial score (nSPS) is 21.1. The van der Waals surface area contributed by atoms with Crippen LogP contribution in [0.2, 0.25) is 0 Å². The second-order valence-corrected chi connectivity index (χ2v) is 3.72. The highest BCUT2D eigenvalue weighted by Gasteiger charge is 2.18. The maximum absolute atomic E-state index is 10.9. The summed E-state index contributed by atoms with van der Waals surface area (Å²) in [5.74, 6) is 0. The number of sulfone groups is 1. The van der Waals surface area contributed by atoms with E-state index in [1.807, 2.05) is 0 Å². The summed E-state index contributed by atoms with van der Waals surface area (Å²) in [6.45, 7) is 0.301. The lowest BCUT2D eigenvalue weighted by Gasteiger charge is -1.95. The number of nitrogens with zero attached hydrogens (tertiary/aromatic N) is 1. The fourth-order valence-electron chi connectivity index (χ4n) is 0.643. The van der Waals surface area contributed by atoms with Crippen LogP contribution in [0.15, 0.2) is 16.6 Å². The molecule has 0 unspecified atom stereocenters. The van der Waals surface area contributed by atoms with Gasteiger partial charge in [-0.1, -0.05) is 0 Å². The quantitative estimate of drug-likeness (QED) is 0.592. The highest BCUT2D eigenvalue weighted by molar-refractivity contribution is 8.09. The van der Waals surface area contributed by atoms with Gasteiger partial charge < -0.3 is 5.32 Å². The van der Waals surface area contributed by atoms with Crippen LogP contribution in [0.5, 0.6) is 0 Å². The van der Waals surface area contributed by atoms with Gasteiger partial charge in [-0.2, -0.15) is 0 Å². The molecule has 0 amide bonds. The lowest BCUT2D eigenvalue weighted by atomic mass is 10.7. The van der Waals surface area contributed by atoms with E-state index in [0.717, 1.165) is 5.41 Å². The van der Waals surface area contributed by atoms with Crippen molar-refractivity contribution >= 4 is 14.9 Å². The molecule has 0 aromatic carbocycles. The molecule has 0 saturated heterocycles. The molecule has 1 heterocycles. The first-order valence-electron chi connectivity index (χ1n) is 2.80. The zero-order valence-corrected chi connectivity index (χ0v) is 6.35. The molecule has 0 bridgehead atoms. The average molecular weight is 160 g/mol. The molecule has 1 N–H and O–H groups in total. The fourth-order valence-corrected chi connectivity index (χ4v) is 1.57. The van der Waals surface area contributed by atoms with Crippen molar-refractivity contribution in [3.63, 3.8) is 0 Å². The van der Waals surface area contributed by atoms with Crippen LogP contribution in [0, 0.1) is 0 Å². The number of aliphatic imine (C=N–C) groups is 1. The van der Waals surface area contributed by atoms with Crippen molar-refractivity contribution in [2.24, 2.45) is 4.99 Å². The molecule has 56 valence electrons. The van der Waals surface area contributed by atoms with E-state index >= 15 is 0 Å². The van der Waals surface area contributed by atoms with Crippen molar-refractivity contribution in [3.05, 3.63) is 11.6 Å². The minimum atomic E-state index is -3.14. The van der Waals surface area contributed by atoms with Gasteiger partial charge in [0.15, 0.2) is 0 Å². The van der Waals surface area contributed by atoms with E-state index in [2.05, 4.69) is 10.3 Å². The Morgan fingerprint density at radius 3 is 2.80 bits per heavy atom. The van der Waals surface area contributed by atoms with Crippen LogP contribution in [-0.2, 0) is 9.84 Å². The SMILES string of the molecule is CNCC1=NC=CS1(=O)=O. The molecule has 0 fully saturated rings. The minimum absolute atomic E-state index is 0.190. The molecule has 0 aromatic heterocycles. The van der Waals surface area contributed by atoms with Gasteiger partial charge in [0, 0.05) is 12.7 Å². The van der Waals surface area contributed by atoms with E-state index in [-0.39, 0.29) is 5.04 Å². The van der Waals surface area contributed by atoms with Crippen LogP contribution < -0.4 is 5.32 Å². The Hall–Kier alpha value is -0.680. The molecule has 1 aliphatic heterocycles. The van der Waals surface area contributed by atoms with E-state index in [1.165, 1.54) is 6.20 Å². The lowest BCUT2D eigenvalue weighted by Crippen LogP contribution is -2.23. The molecule has 0 spiro atoms. The summed E-state index contributed by atoms with van der Waals surface area (Å²) < 4.78 is 21.8. The van der Waals surface area contributed by atoms with Gasteiger partial charge >= 0.3 is 0 Å². The molecule has 0 saturated carbocycles. The first kappa shape index (κ1) is 7.43. The summed E-state index contributed by atoms with van der Waals surface area (Å²) in [6.07, 6.45) is 1.29. The third kappa shape index (κ3) is 1.25. The van der Waals surface area contributed by atoms with Gasteiger partial charge in [-0.15, -0.1) is 0 Å². The minimum Gasteiger partial charge on any atom is -0.314 e. The zero-order chi connectivity index (χ0) is 7.61. The second-order valence-electron chi connectivity index (χ2n) is 1.88. The van der Waals surface area contributed by atoms with Crippen LogP contribution in [0.25, 0.3) is 0 Å². The summed E-state index contributed by atoms with van der Waals surface area (Å²) in [7, 11) is -1.47. The summed E-state index contributed by atoms with van der Waals surface area (Å²) in [6, 6.07) is 0. The Balaban J connectivity index is 2.84. The van der Waals surface area contributed by atoms with Gasteiger partial charge in [0.2, 0.25) is 9.84 Å². The summed E-state index contributed by atoms with van der Waals surface area (Å²) >= 11 is 0. The highest BCUT2D eigenvalue weighted by Crippen LogP contribution is 2.04. The van der Waals surface area contributed by atoms with Crippen LogP contribution in [-0.4, -0.2) is 27.1 Å². The molecule has 0 radical (unpaired) electrons. The van der Waals surface area contributed by atoms with Crippen LogP contribution >= 0.6 is 0 Å². The van der Waals surface area contributed by atoms with Crippen molar-refractivity contribution in [1.82, 2.24) is 5.32 Å². The predicted octanol–water partition coefficient (Wildman–Crippen LogP) is -0.496. The predicted molar refractivity (Wildman–Crippen MR) is 39.4 cm³/mol. The number of nitrogens with one attached hydrogen (secondary N) is 1. The lowest BCUT2D eigenvalue weighted by molar-refractivity contribution is 0.615. The Morgan fingerprint density at radius 2 is 2.40 bits per heavy atom. The Labute approximate surface area is 59.6 Å². The third-order valence-electron chi connectivity index (χ3n) is 1.11. The van der Waals surface area contributed by atoms with Gasteiger partial charge in [-0.25, -0.2) is 13.4 Å². The van der Waals surface area contributed by atoms with Crippen molar-refractivity contribution in [3.8, 4) is 0 Å². The first-order chi connectivity index (χ1) is 4.67. The van der Waals surface area contributed by atoms with E-state index in [1.54, 1.807) is 7.05 Å². The standard InChI is InChI=1S/C5H8N2O2S/c1-6-4-5-7-2-3-10(5,8)9/h2-3,6H,4H2,1H3. The molecule has 5 heteroatoms. The topological polar surface area (TPSA) is 58.5 Å². The van der Waals surface area contributed by atoms with E-state index in [0.29, 0.717) is 6.54 Å². The van der Waals surface area contributed by atoms with Gasteiger partial charge in [-0.05, 0) is 7.05 Å². The molecular weight excluding hydrogens is 152 g/mol. The van der Waals surface area contributed by atoms with Gasteiger partial charge in [0.25, 0.3) is 0 Å². The molecule has 10 heavy (non-hydrogen) atoms. The second kappa shape index (κ2) is 2.51. The van der Waals surface area contributed by atoms with Crippen molar-refractivity contribution in [2.75, 3.05) is 13.6 Å². The number of rotatable bonds is 2. The number of hydrogen-bond acceptors (Lipinski definition) is 4. The van der Waals surface area contributed by atoms with Crippen LogP contribution in [0.3, 0.4) is 0 Å². The van der Waals surface area contributed by atoms with E-state index < -0.39 is 9.84 Å². The van der Waals surface area contributed by atoms with Crippen LogP contribution in [0.1, 0.15) is 0 Å². The Kier molecular flexibility index (Phi) is 1.87. The third-order valence-corrected chi connectivity index (χ3v) is 2.50. The van der Waals surface area contributed by atoms with Gasteiger partial charge in [0.05, 0.1) is 5.41 Å². The van der Waals surface area contributed by atoms with E-state index in [9.17, 15) is 8.42 Å². The number of hydrogen-bond donors (Lipinski definition) is 1. The Bertz CT molecular complexity index is 276.